The van der Waals surface area contributed by atoms with E-state index in [-0.39, 0.29) is 11.9 Å². The Balaban J connectivity index is 1.60. The van der Waals surface area contributed by atoms with Gasteiger partial charge in [0.25, 0.3) is 5.91 Å². The molecule has 1 aliphatic heterocycles. The van der Waals surface area contributed by atoms with Gasteiger partial charge < -0.3 is 13.9 Å². The van der Waals surface area contributed by atoms with Crippen molar-refractivity contribution in [1.29, 1.82) is 0 Å². The summed E-state index contributed by atoms with van der Waals surface area (Å²) < 4.78 is 11.7. The van der Waals surface area contributed by atoms with Gasteiger partial charge in [-0.2, -0.15) is 0 Å². The van der Waals surface area contributed by atoms with Crippen molar-refractivity contribution in [3.05, 3.63) is 57.5 Å². The van der Waals surface area contributed by atoms with Gasteiger partial charge in [0, 0.05) is 28.2 Å². The number of amides is 1. The van der Waals surface area contributed by atoms with Crippen molar-refractivity contribution in [1.82, 2.24) is 15.2 Å². The van der Waals surface area contributed by atoms with Gasteiger partial charge in [0.2, 0.25) is 0 Å². The lowest BCUT2D eigenvalue weighted by atomic mass is 10.0. The van der Waals surface area contributed by atoms with Gasteiger partial charge in [0.05, 0.1) is 11.7 Å². The molecule has 4 rings (SSSR count). The number of likely N-dealkylation sites (tertiary alicyclic amines) is 1. The van der Waals surface area contributed by atoms with E-state index >= 15 is 0 Å². The van der Waals surface area contributed by atoms with Gasteiger partial charge in [-0.1, -0.05) is 38.4 Å². The standard InChI is InChI=1S/C19H18BrN3O3/c1-11-18(12(2)25-21-11)16-4-3-9-23(16)19(24)15-10-17(26-22-15)13-5-7-14(20)8-6-13/h5-8,10,16H,3-4,9H2,1-2H3. The Morgan fingerprint density at radius 1 is 1.19 bits per heavy atom. The molecule has 3 heterocycles. The van der Waals surface area contributed by atoms with Crippen LogP contribution in [0.1, 0.15) is 46.4 Å². The van der Waals surface area contributed by atoms with Crippen LogP contribution >= 0.6 is 15.9 Å². The number of benzene rings is 1. The second-order valence-electron chi connectivity index (χ2n) is 6.48. The fraction of sp³-hybridized carbons (Fsp3) is 0.316. The molecule has 2 aromatic heterocycles. The molecule has 0 saturated carbocycles. The number of halogens is 1. The molecule has 0 radical (unpaired) electrons. The first-order valence-electron chi connectivity index (χ1n) is 8.51. The van der Waals surface area contributed by atoms with Crippen molar-refractivity contribution in [3.63, 3.8) is 0 Å². The van der Waals surface area contributed by atoms with E-state index in [0.717, 1.165) is 39.9 Å². The number of aromatic nitrogens is 2. The first kappa shape index (κ1) is 17.0. The normalized spacial score (nSPS) is 17.0. The van der Waals surface area contributed by atoms with Gasteiger partial charge >= 0.3 is 0 Å². The Labute approximate surface area is 159 Å². The SMILES string of the molecule is Cc1noc(C)c1C1CCCN1C(=O)c1cc(-c2ccc(Br)cc2)on1. The first-order chi connectivity index (χ1) is 12.5. The van der Waals surface area contributed by atoms with Gasteiger partial charge in [-0.15, -0.1) is 0 Å². The highest BCUT2D eigenvalue weighted by Crippen LogP contribution is 2.36. The number of carbonyl (C=O) groups is 1. The number of rotatable bonds is 3. The highest BCUT2D eigenvalue weighted by Gasteiger charge is 2.35. The van der Waals surface area contributed by atoms with Crippen molar-refractivity contribution in [3.8, 4) is 11.3 Å². The second-order valence-corrected chi connectivity index (χ2v) is 7.39. The van der Waals surface area contributed by atoms with E-state index in [1.54, 1.807) is 6.07 Å². The second kappa shape index (κ2) is 6.72. The van der Waals surface area contributed by atoms with Gasteiger partial charge in [0.15, 0.2) is 11.5 Å². The smallest absolute Gasteiger partial charge is 0.276 e. The van der Waals surface area contributed by atoms with Crippen molar-refractivity contribution in [2.45, 2.75) is 32.7 Å². The summed E-state index contributed by atoms with van der Waals surface area (Å²) in [5, 5.41) is 8.03. The largest absolute Gasteiger partial charge is 0.361 e. The predicted molar refractivity (Wildman–Crippen MR) is 98.6 cm³/mol. The molecule has 1 atom stereocenters. The molecule has 1 saturated heterocycles. The van der Waals surface area contributed by atoms with E-state index in [0.29, 0.717) is 18.0 Å². The van der Waals surface area contributed by atoms with Crippen LogP contribution in [0.2, 0.25) is 0 Å². The van der Waals surface area contributed by atoms with Crippen LogP contribution in [0.4, 0.5) is 0 Å². The molecule has 0 bridgehead atoms. The maximum atomic E-state index is 13.0. The lowest BCUT2D eigenvalue weighted by Crippen LogP contribution is -2.31. The van der Waals surface area contributed by atoms with Crippen molar-refractivity contribution in [2.75, 3.05) is 6.54 Å². The summed E-state index contributed by atoms with van der Waals surface area (Å²) in [5.74, 6) is 1.22. The molecule has 26 heavy (non-hydrogen) atoms. The number of hydrogen-bond donors (Lipinski definition) is 0. The minimum absolute atomic E-state index is 0.0263. The number of aryl methyl sites for hydroxylation is 2. The molecule has 0 aliphatic carbocycles. The summed E-state index contributed by atoms with van der Waals surface area (Å²) >= 11 is 3.41. The van der Waals surface area contributed by atoms with E-state index in [1.165, 1.54) is 0 Å². The number of carbonyl (C=O) groups excluding carboxylic acids is 1. The Hall–Kier alpha value is -2.41. The van der Waals surface area contributed by atoms with Crippen LogP contribution in [0.15, 0.2) is 43.9 Å². The third kappa shape index (κ3) is 2.96. The van der Waals surface area contributed by atoms with Crippen molar-refractivity contribution < 1.29 is 13.8 Å². The molecule has 7 heteroatoms. The van der Waals surface area contributed by atoms with Gasteiger partial charge in [-0.25, -0.2) is 0 Å². The van der Waals surface area contributed by atoms with Gasteiger partial charge in [-0.05, 0) is 38.8 Å². The highest BCUT2D eigenvalue weighted by atomic mass is 79.9. The lowest BCUT2D eigenvalue weighted by Gasteiger charge is -2.23. The van der Waals surface area contributed by atoms with Crippen molar-refractivity contribution in [2.24, 2.45) is 0 Å². The summed E-state index contributed by atoms with van der Waals surface area (Å²) in [6.45, 7) is 4.49. The van der Waals surface area contributed by atoms with E-state index in [2.05, 4.69) is 26.2 Å². The minimum Gasteiger partial charge on any atom is -0.361 e. The Morgan fingerprint density at radius 3 is 2.65 bits per heavy atom. The Bertz CT molecular complexity index is 926. The molecule has 1 aromatic carbocycles. The number of hydrogen-bond acceptors (Lipinski definition) is 5. The fourth-order valence-corrected chi connectivity index (χ4v) is 3.81. The molecule has 1 aliphatic rings. The average molecular weight is 416 g/mol. The quantitative estimate of drug-likeness (QED) is 0.620. The van der Waals surface area contributed by atoms with Crippen LogP contribution < -0.4 is 0 Å². The summed E-state index contributed by atoms with van der Waals surface area (Å²) in [5.41, 5.74) is 3.04. The summed E-state index contributed by atoms with van der Waals surface area (Å²) in [4.78, 5) is 14.9. The molecule has 1 fully saturated rings. The molecule has 0 spiro atoms. The molecular formula is C19H18BrN3O3. The van der Waals surface area contributed by atoms with Crippen LogP contribution in [0.3, 0.4) is 0 Å². The maximum Gasteiger partial charge on any atom is 0.276 e. The van der Waals surface area contributed by atoms with E-state index in [9.17, 15) is 4.79 Å². The monoisotopic (exact) mass is 415 g/mol. The van der Waals surface area contributed by atoms with Crippen LogP contribution in [0.25, 0.3) is 11.3 Å². The Kier molecular flexibility index (Phi) is 4.40. The first-order valence-corrected chi connectivity index (χ1v) is 9.30. The van der Waals surface area contributed by atoms with Crippen LogP contribution in [-0.2, 0) is 0 Å². The molecule has 6 nitrogen and oxygen atoms in total. The predicted octanol–water partition coefficient (Wildman–Crippen LogP) is 4.69. The molecule has 0 N–H and O–H groups in total. The summed E-state index contributed by atoms with van der Waals surface area (Å²) in [6, 6.07) is 9.36. The molecular weight excluding hydrogens is 398 g/mol. The summed E-state index contributed by atoms with van der Waals surface area (Å²) in [6.07, 6.45) is 1.84. The number of nitrogens with zero attached hydrogens (tertiary/aromatic N) is 3. The maximum absolute atomic E-state index is 13.0. The lowest BCUT2D eigenvalue weighted by molar-refractivity contribution is 0.0724. The zero-order valence-corrected chi connectivity index (χ0v) is 16.1. The van der Waals surface area contributed by atoms with Crippen LogP contribution in [0.5, 0.6) is 0 Å². The Morgan fingerprint density at radius 2 is 1.96 bits per heavy atom. The zero-order valence-electron chi connectivity index (χ0n) is 14.5. The van der Waals surface area contributed by atoms with Crippen LogP contribution in [0, 0.1) is 13.8 Å². The zero-order chi connectivity index (χ0) is 18.3. The molecule has 3 aromatic rings. The van der Waals surface area contributed by atoms with Crippen molar-refractivity contribution >= 4 is 21.8 Å². The topological polar surface area (TPSA) is 72.4 Å². The highest BCUT2D eigenvalue weighted by molar-refractivity contribution is 9.10. The van der Waals surface area contributed by atoms with Crippen LogP contribution in [-0.4, -0.2) is 27.7 Å². The third-order valence-corrected chi connectivity index (χ3v) is 5.32. The van der Waals surface area contributed by atoms with Gasteiger partial charge in [-0.3, -0.25) is 4.79 Å². The summed E-state index contributed by atoms with van der Waals surface area (Å²) in [7, 11) is 0. The molecule has 1 unspecified atom stereocenters. The average Bonchev–Trinajstić information content (AvgIpc) is 3.35. The van der Waals surface area contributed by atoms with Gasteiger partial charge in [0.1, 0.15) is 5.76 Å². The third-order valence-electron chi connectivity index (χ3n) is 4.79. The fourth-order valence-electron chi connectivity index (χ4n) is 3.55. The van der Waals surface area contributed by atoms with E-state index in [4.69, 9.17) is 9.05 Å². The minimum atomic E-state index is -0.125. The van der Waals surface area contributed by atoms with E-state index < -0.39 is 0 Å². The molecule has 134 valence electrons. The van der Waals surface area contributed by atoms with E-state index in [1.807, 2.05) is 43.0 Å². The molecule has 1 amide bonds.